The van der Waals surface area contributed by atoms with Crippen molar-refractivity contribution in [3.05, 3.63) is 92.9 Å². The lowest BCUT2D eigenvalue weighted by Gasteiger charge is -2.17. The Labute approximate surface area is 224 Å². The van der Waals surface area contributed by atoms with Crippen LogP contribution < -0.4 is 10.6 Å². The van der Waals surface area contributed by atoms with Crippen LogP contribution in [0.2, 0.25) is 15.1 Å². The highest BCUT2D eigenvalue weighted by molar-refractivity contribution is 6.53. The van der Waals surface area contributed by atoms with Crippen LogP contribution >= 0.6 is 58.0 Å². The first-order chi connectivity index (χ1) is 16.4. The molecule has 2 atom stereocenters. The van der Waals surface area contributed by atoms with Crippen LogP contribution in [0.15, 0.2) is 66.7 Å². The summed E-state index contributed by atoms with van der Waals surface area (Å²) in [4.78, 5) is 25.2. The van der Waals surface area contributed by atoms with E-state index in [1.165, 1.54) is 30.3 Å². The van der Waals surface area contributed by atoms with Gasteiger partial charge in [-0.15, -0.1) is 23.2 Å². The van der Waals surface area contributed by atoms with E-state index in [0.717, 1.165) is 12.1 Å². The van der Waals surface area contributed by atoms with Crippen LogP contribution in [0.5, 0.6) is 0 Å². The number of amides is 2. The van der Waals surface area contributed by atoms with Crippen molar-refractivity contribution in [2.45, 2.75) is 16.2 Å². The fraction of sp³-hybridized carbons (Fsp3) is 0.167. The van der Waals surface area contributed by atoms with Crippen LogP contribution in [-0.2, 0) is 15.5 Å². The van der Waals surface area contributed by atoms with E-state index < -0.39 is 39.5 Å². The van der Waals surface area contributed by atoms with Crippen molar-refractivity contribution in [2.24, 2.45) is 5.92 Å². The molecule has 1 fully saturated rings. The standard InChI is InChI=1S/C24H15Cl5F2N2O2/c25-14-8-12(9-15(26)10-14)19-20(23(19,28)29)21(34)32-16-6-7-17(27)18(11-16)33-22(35)24(30,31)13-4-2-1-3-5-13/h1-11,19-20H,(H,32,34)(H,33,35)/t19-,20+/m0/s1. The average Bonchev–Trinajstić information content (AvgIpc) is 3.38. The molecule has 2 N–H and O–H groups in total. The first kappa shape index (κ1) is 26.0. The van der Waals surface area contributed by atoms with E-state index >= 15 is 0 Å². The van der Waals surface area contributed by atoms with E-state index in [-0.39, 0.29) is 16.4 Å². The third-order valence-electron chi connectivity index (χ3n) is 5.48. The summed E-state index contributed by atoms with van der Waals surface area (Å²) in [5.41, 5.74) is 0.207. The van der Waals surface area contributed by atoms with Gasteiger partial charge in [0.05, 0.1) is 16.6 Å². The summed E-state index contributed by atoms with van der Waals surface area (Å²) in [6.07, 6.45) is 0. The van der Waals surface area contributed by atoms with Crippen molar-refractivity contribution >= 4 is 81.2 Å². The number of anilines is 2. The normalized spacial score (nSPS) is 18.6. The van der Waals surface area contributed by atoms with Gasteiger partial charge in [-0.1, -0.05) is 65.1 Å². The SMILES string of the molecule is O=C(Nc1ccc(Cl)c(NC(=O)C(F)(F)c2ccccc2)c1)[C@H]1[C@H](c2cc(Cl)cc(Cl)c2)C1(Cl)Cl. The summed E-state index contributed by atoms with van der Waals surface area (Å²) in [5, 5.41) is 5.48. The topological polar surface area (TPSA) is 58.2 Å². The largest absolute Gasteiger partial charge is 0.350 e. The molecule has 2 amide bonds. The number of alkyl halides is 4. The first-order valence-corrected chi connectivity index (χ1v) is 12.0. The number of hydrogen-bond acceptors (Lipinski definition) is 2. The zero-order chi connectivity index (χ0) is 25.5. The average molecular weight is 579 g/mol. The summed E-state index contributed by atoms with van der Waals surface area (Å²) >= 11 is 30.9. The molecule has 11 heteroatoms. The minimum atomic E-state index is -3.81. The van der Waals surface area contributed by atoms with E-state index in [1.807, 2.05) is 0 Å². The molecule has 0 unspecified atom stereocenters. The molecule has 0 spiro atoms. The van der Waals surface area contributed by atoms with E-state index in [9.17, 15) is 18.4 Å². The Hall–Kier alpha value is -2.09. The Bertz CT molecular complexity index is 1280. The molecular weight excluding hydrogens is 564 g/mol. The Morgan fingerprint density at radius 2 is 1.49 bits per heavy atom. The number of carbonyl (C=O) groups excluding carboxylic acids is 2. The zero-order valence-electron chi connectivity index (χ0n) is 17.5. The maximum atomic E-state index is 14.6. The molecule has 0 heterocycles. The van der Waals surface area contributed by atoms with Gasteiger partial charge in [0.1, 0.15) is 4.33 Å². The highest BCUT2D eigenvalue weighted by atomic mass is 35.5. The van der Waals surface area contributed by atoms with Gasteiger partial charge in [0, 0.05) is 27.2 Å². The fourth-order valence-corrected chi connectivity index (χ4v) is 5.26. The Kier molecular flexibility index (Phi) is 7.24. The van der Waals surface area contributed by atoms with E-state index in [1.54, 1.807) is 24.3 Å². The van der Waals surface area contributed by atoms with Crippen molar-refractivity contribution in [1.29, 1.82) is 0 Å². The van der Waals surface area contributed by atoms with E-state index in [0.29, 0.717) is 15.6 Å². The van der Waals surface area contributed by atoms with E-state index in [2.05, 4.69) is 10.6 Å². The number of carbonyl (C=O) groups is 2. The second kappa shape index (κ2) is 9.75. The van der Waals surface area contributed by atoms with Crippen LogP contribution in [0.4, 0.5) is 20.2 Å². The Morgan fingerprint density at radius 1 is 0.857 bits per heavy atom. The number of benzene rings is 3. The van der Waals surface area contributed by atoms with Gasteiger partial charge in [0.25, 0.3) is 5.91 Å². The monoisotopic (exact) mass is 576 g/mol. The molecule has 1 aliphatic carbocycles. The lowest BCUT2D eigenvalue weighted by atomic mass is 10.1. The third kappa shape index (κ3) is 5.37. The molecule has 1 saturated carbocycles. The molecule has 0 aliphatic heterocycles. The number of hydrogen-bond donors (Lipinski definition) is 2. The number of rotatable bonds is 6. The van der Waals surface area contributed by atoms with Gasteiger partial charge in [-0.3, -0.25) is 9.59 Å². The maximum absolute atomic E-state index is 14.6. The van der Waals surface area contributed by atoms with Gasteiger partial charge in [-0.2, -0.15) is 8.78 Å². The fourth-order valence-electron chi connectivity index (χ4n) is 3.72. The molecule has 3 aromatic carbocycles. The molecule has 1 aliphatic rings. The number of halogens is 7. The molecule has 0 saturated heterocycles. The van der Waals surface area contributed by atoms with Gasteiger partial charge in [-0.25, -0.2) is 0 Å². The van der Waals surface area contributed by atoms with Gasteiger partial charge in [-0.05, 0) is 42.0 Å². The van der Waals surface area contributed by atoms with Crippen molar-refractivity contribution in [3.63, 3.8) is 0 Å². The Balaban J connectivity index is 1.50. The van der Waals surface area contributed by atoms with Crippen LogP contribution in [0, 0.1) is 5.92 Å². The minimum absolute atomic E-state index is 0.00196. The molecule has 0 aromatic heterocycles. The zero-order valence-corrected chi connectivity index (χ0v) is 21.2. The Morgan fingerprint density at radius 3 is 2.11 bits per heavy atom. The first-order valence-electron chi connectivity index (χ1n) is 10.1. The quantitative estimate of drug-likeness (QED) is 0.292. The highest BCUT2D eigenvalue weighted by Gasteiger charge is 2.67. The summed E-state index contributed by atoms with van der Waals surface area (Å²) in [7, 11) is 0. The third-order valence-corrected chi connectivity index (χ3v) is 7.19. The van der Waals surface area contributed by atoms with Crippen LogP contribution in [0.1, 0.15) is 17.0 Å². The molecule has 4 nitrogen and oxygen atoms in total. The van der Waals surface area contributed by atoms with Crippen LogP contribution in [0.3, 0.4) is 0 Å². The molecule has 0 radical (unpaired) electrons. The lowest BCUT2D eigenvalue weighted by Crippen LogP contribution is -2.32. The summed E-state index contributed by atoms with van der Waals surface area (Å²) < 4.78 is 27.7. The molecule has 3 aromatic rings. The highest BCUT2D eigenvalue weighted by Crippen LogP contribution is 2.65. The second-order valence-electron chi connectivity index (χ2n) is 7.91. The van der Waals surface area contributed by atoms with E-state index in [4.69, 9.17) is 58.0 Å². The van der Waals surface area contributed by atoms with Gasteiger partial charge in [0.15, 0.2) is 0 Å². The van der Waals surface area contributed by atoms with Gasteiger partial charge >= 0.3 is 5.92 Å². The molecule has 4 rings (SSSR count). The summed E-state index contributed by atoms with van der Waals surface area (Å²) in [5.74, 6) is -7.31. The minimum Gasteiger partial charge on any atom is -0.326 e. The number of nitrogens with one attached hydrogen (secondary N) is 2. The molecule has 0 bridgehead atoms. The van der Waals surface area contributed by atoms with Crippen molar-refractivity contribution in [3.8, 4) is 0 Å². The predicted octanol–water partition coefficient (Wildman–Crippen LogP) is 7.90. The summed E-state index contributed by atoms with van der Waals surface area (Å²) in [6, 6.07) is 15.5. The van der Waals surface area contributed by atoms with Crippen LogP contribution in [-0.4, -0.2) is 16.1 Å². The molecule has 182 valence electrons. The van der Waals surface area contributed by atoms with Crippen molar-refractivity contribution < 1.29 is 18.4 Å². The van der Waals surface area contributed by atoms with Gasteiger partial charge < -0.3 is 10.6 Å². The maximum Gasteiger partial charge on any atom is 0.350 e. The van der Waals surface area contributed by atoms with Crippen LogP contribution in [0.25, 0.3) is 0 Å². The van der Waals surface area contributed by atoms with Crippen molar-refractivity contribution in [2.75, 3.05) is 10.6 Å². The van der Waals surface area contributed by atoms with Crippen molar-refractivity contribution in [1.82, 2.24) is 0 Å². The summed E-state index contributed by atoms with van der Waals surface area (Å²) in [6.45, 7) is 0. The lowest BCUT2D eigenvalue weighted by molar-refractivity contribution is -0.140. The van der Waals surface area contributed by atoms with Gasteiger partial charge in [0.2, 0.25) is 5.91 Å². The predicted molar refractivity (Wildman–Crippen MR) is 136 cm³/mol. The second-order valence-corrected chi connectivity index (χ2v) is 10.6. The smallest absolute Gasteiger partial charge is 0.326 e. The molecular formula is C24H15Cl5F2N2O2. The molecule has 35 heavy (non-hydrogen) atoms.